The summed E-state index contributed by atoms with van der Waals surface area (Å²) in [5.41, 5.74) is 5.63. The average molecular weight is 565 g/mol. The number of carbonyl (C=O) groups excluding carboxylic acids is 1. The van der Waals surface area contributed by atoms with Crippen molar-refractivity contribution in [1.29, 1.82) is 0 Å². The highest BCUT2D eigenvalue weighted by molar-refractivity contribution is 6.23. The second-order valence-corrected chi connectivity index (χ2v) is 13.4. The number of anilines is 1. The van der Waals surface area contributed by atoms with E-state index in [-0.39, 0.29) is 22.7 Å². The number of rotatable bonds is 10. The lowest BCUT2D eigenvalue weighted by Crippen LogP contribution is -2.42. The van der Waals surface area contributed by atoms with E-state index in [4.69, 9.17) is 0 Å². The van der Waals surface area contributed by atoms with Gasteiger partial charge in [-0.2, -0.15) is 4.57 Å². The number of pyridine rings is 1. The molecule has 0 saturated carbocycles. The third-order valence-electron chi connectivity index (χ3n) is 7.93. The molecule has 42 heavy (non-hydrogen) atoms. The Bertz CT molecular complexity index is 1630. The van der Waals surface area contributed by atoms with Crippen molar-refractivity contribution in [1.82, 2.24) is 0 Å². The fourth-order valence-corrected chi connectivity index (χ4v) is 5.71. The Hall–Kier alpha value is -4.00. The molecule has 0 amide bonds. The molecule has 0 unspecified atom stereocenters. The lowest BCUT2D eigenvalue weighted by Gasteiger charge is -2.34. The molecule has 1 aliphatic carbocycles. The van der Waals surface area contributed by atoms with Crippen LogP contribution in [0.3, 0.4) is 0 Å². The number of allylic oxidation sites excluding steroid dienone is 4. The van der Waals surface area contributed by atoms with E-state index < -0.39 is 0 Å². The number of nitrogens with zero attached hydrogens (tertiary/aromatic N) is 4. The van der Waals surface area contributed by atoms with Crippen molar-refractivity contribution in [3.63, 3.8) is 0 Å². The van der Waals surface area contributed by atoms with Crippen LogP contribution in [-0.2, 0) is 11.3 Å². The van der Waals surface area contributed by atoms with Gasteiger partial charge < -0.3 is 19.0 Å². The summed E-state index contributed by atoms with van der Waals surface area (Å²) in [5, 5.41) is 14.6. The number of benzene rings is 2. The summed E-state index contributed by atoms with van der Waals surface area (Å²) < 4.78 is 4.01. The number of Topliss-reactive ketones (excluding diaryl/α,β-unsaturated/α-hetero) is 1. The van der Waals surface area contributed by atoms with Gasteiger partial charge in [-0.05, 0) is 35.9 Å². The summed E-state index contributed by atoms with van der Waals surface area (Å²) in [6, 6.07) is 20.6. The van der Waals surface area contributed by atoms with Crippen LogP contribution in [0.2, 0.25) is 0 Å². The van der Waals surface area contributed by atoms with Gasteiger partial charge in [-0.15, -0.1) is 0 Å². The molecule has 3 aromatic rings. The van der Waals surface area contributed by atoms with Gasteiger partial charge in [0, 0.05) is 59.1 Å². The zero-order valence-corrected chi connectivity index (χ0v) is 25.9. The molecule has 1 aromatic heterocycles. The first-order valence-corrected chi connectivity index (χ1v) is 14.9. The molecular weight excluding hydrogens is 520 g/mol. The van der Waals surface area contributed by atoms with E-state index in [0.29, 0.717) is 0 Å². The van der Waals surface area contributed by atoms with E-state index in [0.717, 1.165) is 81.5 Å². The Kier molecular flexibility index (Phi) is 8.22. The van der Waals surface area contributed by atoms with Gasteiger partial charge in [0.05, 0.1) is 61.8 Å². The van der Waals surface area contributed by atoms with Crippen molar-refractivity contribution >= 4 is 34.5 Å². The molecule has 6 heteroatoms. The first-order chi connectivity index (χ1) is 19.9. The predicted octanol–water partition coefficient (Wildman–Crippen LogP) is 4.32. The predicted molar refractivity (Wildman–Crippen MR) is 170 cm³/mol. The van der Waals surface area contributed by atoms with Gasteiger partial charge in [0.1, 0.15) is 0 Å². The van der Waals surface area contributed by atoms with E-state index in [1.165, 1.54) is 0 Å². The second-order valence-electron chi connectivity index (χ2n) is 13.4. The zero-order chi connectivity index (χ0) is 30.1. The summed E-state index contributed by atoms with van der Waals surface area (Å²) in [7, 11) is 13.2. The van der Waals surface area contributed by atoms with Crippen molar-refractivity contribution in [3.05, 3.63) is 107 Å². The molecule has 5 rings (SSSR count). The first kappa shape index (κ1) is 29.5. The van der Waals surface area contributed by atoms with Crippen LogP contribution in [0, 0.1) is 0 Å². The van der Waals surface area contributed by atoms with Gasteiger partial charge >= 0.3 is 0 Å². The standard InChI is InChI=1S/C36H44N4O2/c1-39(2,3)23-11-21-37-29(19-17-27-13-7-9-15-33(27)37)25-31-35(41)32(36(31)42)26-30-20-18-28-14-8-10-16-34(28)38(30)22-12-24-40(4,5)6/h7-10,13-20,25-26H,11-12,21-24H2,1-6H3/q+2. The van der Waals surface area contributed by atoms with Crippen molar-refractivity contribution in [2.75, 3.05) is 66.8 Å². The maximum Gasteiger partial charge on any atom is 0.212 e. The van der Waals surface area contributed by atoms with E-state index in [9.17, 15) is 9.90 Å². The Morgan fingerprint density at radius 3 is 2.24 bits per heavy atom. The van der Waals surface area contributed by atoms with Crippen molar-refractivity contribution in [2.24, 2.45) is 0 Å². The van der Waals surface area contributed by atoms with E-state index in [1.54, 1.807) is 12.2 Å². The number of carbonyl (C=O) groups is 1. The highest BCUT2D eigenvalue weighted by atomic mass is 16.3. The number of ketones is 1. The largest absolute Gasteiger partial charge is 0.871 e. The average Bonchev–Trinajstić information content (AvgIpc) is 2.94. The van der Waals surface area contributed by atoms with Gasteiger partial charge in [0.15, 0.2) is 12.3 Å². The molecule has 0 N–H and O–H groups in total. The summed E-state index contributed by atoms with van der Waals surface area (Å²) >= 11 is 0. The number of hydrogen-bond donors (Lipinski definition) is 0. The normalized spacial score (nSPS) is 17.4. The Morgan fingerprint density at radius 2 is 1.50 bits per heavy atom. The zero-order valence-electron chi connectivity index (χ0n) is 25.9. The third-order valence-corrected chi connectivity index (χ3v) is 7.93. The summed E-state index contributed by atoms with van der Waals surface area (Å²) in [4.78, 5) is 15.7. The second kappa shape index (κ2) is 11.7. The molecule has 0 atom stereocenters. The number of fused-ring (bicyclic) bond motifs is 2. The molecule has 0 saturated heterocycles. The fraction of sp³-hybridized carbons (Fsp3) is 0.333. The number of aromatic nitrogens is 1. The molecule has 0 bridgehead atoms. The Balaban J connectivity index is 1.46. The molecule has 2 aromatic carbocycles. The maximum absolute atomic E-state index is 13.4. The molecule has 0 radical (unpaired) electrons. The highest BCUT2D eigenvalue weighted by Gasteiger charge is 2.29. The van der Waals surface area contributed by atoms with Crippen LogP contribution >= 0.6 is 0 Å². The van der Waals surface area contributed by atoms with Crippen molar-refractivity contribution in [2.45, 2.75) is 19.4 Å². The van der Waals surface area contributed by atoms with Crippen molar-refractivity contribution in [3.8, 4) is 0 Å². The number of quaternary nitrogens is 2. The molecule has 2 aliphatic rings. The monoisotopic (exact) mass is 564 g/mol. The van der Waals surface area contributed by atoms with Crippen LogP contribution in [0.4, 0.5) is 5.69 Å². The number of hydrogen-bond acceptors (Lipinski definition) is 3. The number of aryl methyl sites for hydroxylation is 1. The topological polar surface area (TPSA) is 47.2 Å². The minimum atomic E-state index is -0.183. The first-order valence-electron chi connectivity index (χ1n) is 14.9. The van der Waals surface area contributed by atoms with Crippen molar-refractivity contribution < 1.29 is 23.4 Å². The van der Waals surface area contributed by atoms with Gasteiger partial charge in [0.2, 0.25) is 11.2 Å². The lowest BCUT2D eigenvalue weighted by atomic mass is 9.86. The number of para-hydroxylation sites is 2. The summed E-state index contributed by atoms with van der Waals surface area (Å²) in [6.07, 6.45) is 9.64. The highest BCUT2D eigenvalue weighted by Crippen LogP contribution is 2.35. The molecule has 0 spiro atoms. The summed E-state index contributed by atoms with van der Waals surface area (Å²) in [6.45, 7) is 3.67. The summed E-state index contributed by atoms with van der Waals surface area (Å²) in [5.74, 6) is -0.366. The van der Waals surface area contributed by atoms with E-state index in [2.05, 4.69) is 88.2 Å². The van der Waals surface area contributed by atoms with Crippen LogP contribution < -0.4 is 14.6 Å². The molecule has 0 fully saturated rings. The smallest absolute Gasteiger partial charge is 0.212 e. The van der Waals surface area contributed by atoms with E-state index >= 15 is 0 Å². The van der Waals surface area contributed by atoms with Gasteiger partial charge in [0.25, 0.3) is 0 Å². The fourth-order valence-electron chi connectivity index (χ4n) is 5.71. The molecule has 2 heterocycles. The molecule has 218 valence electrons. The van der Waals surface area contributed by atoms with Gasteiger partial charge in [-0.1, -0.05) is 42.2 Å². The van der Waals surface area contributed by atoms with Crippen LogP contribution in [0.5, 0.6) is 0 Å². The van der Waals surface area contributed by atoms with Crippen LogP contribution in [0.25, 0.3) is 23.1 Å². The van der Waals surface area contributed by atoms with Gasteiger partial charge in [-0.3, -0.25) is 4.79 Å². The lowest BCUT2D eigenvalue weighted by molar-refractivity contribution is -0.873. The maximum atomic E-state index is 13.4. The van der Waals surface area contributed by atoms with Gasteiger partial charge in [-0.25, -0.2) is 0 Å². The van der Waals surface area contributed by atoms with Crippen LogP contribution in [0.15, 0.2) is 95.4 Å². The SMILES string of the molecule is C[N+](C)(C)CCCN1/C(=C\C2=C([O-])C(=C/c3ccc4ccccc4[n+]3CCC[N+](C)(C)C)/C2=O)C=Cc2ccccc21. The van der Waals surface area contributed by atoms with Crippen LogP contribution in [0.1, 0.15) is 24.1 Å². The quantitative estimate of drug-likeness (QED) is 0.209. The van der Waals surface area contributed by atoms with E-state index in [1.807, 2.05) is 36.4 Å². The Labute approximate surface area is 250 Å². The molecular formula is C36H44N4O2+2. The third kappa shape index (κ3) is 6.56. The Morgan fingerprint density at radius 1 is 0.810 bits per heavy atom. The minimum Gasteiger partial charge on any atom is -0.871 e. The molecule has 1 aliphatic heterocycles. The van der Waals surface area contributed by atoms with Crippen LogP contribution in [-0.4, -0.2) is 76.7 Å². The minimum absolute atomic E-state index is 0.183. The molecule has 6 nitrogen and oxygen atoms in total.